The molecule has 2 fully saturated rings. The van der Waals surface area contributed by atoms with Crippen LogP contribution in [-0.2, 0) is 4.74 Å². The lowest BCUT2D eigenvalue weighted by Crippen LogP contribution is -2.28. The minimum atomic E-state index is -1.01. The summed E-state index contributed by atoms with van der Waals surface area (Å²) in [6, 6.07) is 1.69. The molecule has 0 amide bonds. The first kappa shape index (κ1) is 12.8. The smallest absolute Gasteiger partial charge is 0.339 e. The monoisotopic (exact) mass is 328 g/mol. The van der Waals surface area contributed by atoms with Crippen LogP contribution < -0.4 is 4.90 Å². The van der Waals surface area contributed by atoms with Gasteiger partial charge in [0.05, 0.1) is 17.1 Å². The molecule has 2 unspecified atom stereocenters. The molecular weight excluding hydrogens is 315 g/mol. The van der Waals surface area contributed by atoms with Gasteiger partial charge in [-0.2, -0.15) is 0 Å². The number of hydrogen-bond acceptors (Lipinski definition) is 4. The molecule has 2 atom stereocenters. The summed E-state index contributed by atoms with van der Waals surface area (Å²) in [4.78, 5) is 17.7. The van der Waals surface area contributed by atoms with Gasteiger partial charge in [-0.3, -0.25) is 0 Å². The number of pyridine rings is 1. The zero-order chi connectivity index (χ0) is 13.8. The molecule has 2 heterocycles. The molecule has 1 saturated heterocycles. The van der Waals surface area contributed by atoms with Crippen LogP contribution in [0.25, 0.3) is 0 Å². The van der Waals surface area contributed by atoms with Gasteiger partial charge in [0.15, 0.2) is 0 Å². The molecule has 0 N–H and O–H groups in total. The number of carbonyl (C=O) groups excluding carboxylic acids is 1. The van der Waals surface area contributed by atoms with E-state index in [-0.39, 0.29) is 11.8 Å². The number of halogens is 2. The number of rotatable bonds is 2. The zero-order valence-corrected chi connectivity index (χ0v) is 12.3. The van der Waals surface area contributed by atoms with Crippen molar-refractivity contribution in [3.05, 3.63) is 22.3 Å². The normalized spacial score (nSPS) is 32.1. The van der Waals surface area contributed by atoms with E-state index in [0.29, 0.717) is 18.7 Å². The standard InChI is InChI=1S/C13H14BrFN2O2/c1-13(15)8-5-17(6-9(8)13)11-10(14)3-7(4-16-11)12(18)19-2/h3-4,8-9H,5-6H2,1-2H3. The van der Waals surface area contributed by atoms with Gasteiger partial charge in [0.25, 0.3) is 0 Å². The Bertz CT molecular complexity index is 535. The molecule has 1 aliphatic heterocycles. The van der Waals surface area contributed by atoms with E-state index in [1.165, 1.54) is 13.3 Å². The zero-order valence-electron chi connectivity index (χ0n) is 10.7. The highest BCUT2D eigenvalue weighted by Gasteiger charge is 2.66. The van der Waals surface area contributed by atoms with Gasteiger partial charge in [-0.05, 0) is 28.9 Å². The van der Waals surface area contributed by atoms with Crippen molar-refractivity contribution in [2.75, 3.05) is 25.1 Å². The van der Waals surface area contributed by atoms with E-state index in [0.717, 1.165) is 10.3 Å². The molecule has 1 aromatic rings. The molecule has 6 heteroatoms. The van der Waals surface area contributed by atoms with E-state index >= 15 is 0 Å². The lowest BCUT2D eigenvalue weighted by molar-refractivity contribution is 0.0600. The van der Waals surface area contributed by atoms with Crippen LogP contribution in [0.5, 0.6) is 0 Å². The van der Waals surface area contributed by atoms with Gasteiger partial charge in [0, 0.05) is 31.1 Å². The fraction of sp³-hybridized carbons (Fsp3) is 0.538. The number of nitrogens with zero attached hydrogens (tertiary/aromatic N) is 2. The third-order valence-corrected chi connectivity index (χ3v) is 4.79. The molecular formula is C13H14BrFN2O2. The van der Waals surface area contributed by atoms with E-state index in [1.807, 2.05) is 0 Å². The lowest BCUT2D eigenvalue weighted by atomic mass is 10.2. The van der Waals surface area contributed by atoms with Crippen molar-refractivity contribution in [2.24, 2.45) is 11.8 Å². The molecule has 0 radical (unpaired) electrons. The molecule has 3 rings (SSSR count). The predicted octanol–water partition coefficient (Wildman–Crippen LogP) is 2.42. The first-order valence-corrected chi connectivity index (χ1v) is 6.92. The van der Waals surface area contributed by atoms with Gasteiger partial charge in [0.1, 0.15) is 11.5 Å². The number of methoxy groups -OCH3 is 1. The van der Waals surface area contributed by atoms with Crippen molar-refractivity contribution < 1.29 is 13.9 Å². The van der Waals surface area contributed by atoms with Crippen molar-refractivity contribution in [1.82, 2.24) is 4.98 Å². The maximum absolute atomic E-state index is 13.8. The molecule has 19 heavy (non-hydrogen) atoms. The van der Waals surface area contributed by atoms with Crippen LogP contribution in [0.1, 0.15) is 17.3 Å². The van der Waals surface area contributed by atoms with Gasteiger partial charge in [-0.25, -0.2) is 14.2 Å². The Labute approximate surface area is 119 Å². The van der Waals surface area contributed by atoms with Gasteiger partial charge in [-0.1, -0.05) is 0 Å². The summed E-state index contributed by atoms with van der Waals surface area (Å²) >= 11 is 3.41. The summed E-state index contributed by atoms with van der Waals surface area (Å²) in [5.41, 5.74) is -0.604. The van der Waals surface area contributed by atoms with Crippen molar-refractivity contribution in [1.29, 1.82) is 0 Å². The van der Waals surface area contributed by atoms with E-state index in [4.69, 9.17) is 0 Å². The molecule has 1 aliphatic carbocycles. The van der Waals surface area contributed by atoms with E-state index in [1.54, 1.807) is 13.0 Å². The van der Waals surface area contributed by atoms with Crippen LogP contribution in [-0.4, -0.2) is 36.8 Å². The largest absolute Gasteiger partial charge is 0.465 e. The fourth-order valence-corrected chi connectivity index (χ4v) is 3.49. The van der Waals surface area contributed by atoms with Crippen LogP contribution in [0.15, 0.2) is 16.7 Å². The Morgan fingerprint density at radius 3 is 2.74 bits per heavy atom. The highest BCUT2D eigenvalue weighted by Crippen LogP contribution is 2.58. The second-order valence-corrected chi connectivity index (χ2v) is 6.14. The van der Waals surface area contributed by atoms with Gasteiger partial charge >= 0.3 is 5.97 Å². The average molecular weight is 329 g/mol. The second kappa shape index (κ2) is 4.16. The first-order chi connectivity index (χ1) is 8.95. The number of alkyl halides is 1. The van der Waals surface area contributed by atoms with Crippen LogP contribution in [0.4, 0.5) is 10.2 Å². The maximum Gasteiger partial charge on any atom is 0.339 e. The number of carbonyl (C=O) groups is 1. The second-order valence-electron chi connectivity index (χ2n) is 5.29. The lowest BCUT2D eigenvalue weighted by Gasteiger charge is -2.23. The van der Waals surface area contributed by atoms with E-state index < -0.39 is 11.6 Å². The third kappa shape index (κ3) is 1.93. The fourth-order valence-electron chi connectivity index (χ4n) is 2.89. The van der Waals surface area contributed by atoms with E-state index in [9.17, 15) is 9.18 Å². The Hall–Kier alpha value is -1.17. The maximum atomic E-state index is 13.8. The van der Waals surface area contributed by atoms with E-state index in [2.05, 4.69) is 30.6 Å². The topological polar surface area (TPSA) is 42.4 Å². The number of hydrogen-bond donors (Lipinski definition) is 0. The summed E-state index contributed by atoms with van der Waals surface area (Å²) in [6.45, 7) is 3.03. The van der Waals surface area contributed by atoms with Crippen LogP contribution in [0.2, 0.25) is 0 Å². The van der Waals surface area contributed by atoms with Gasteiger partial charge < -0.3 is 9.64 Å². The number of aromatic nitrogens is 1. The third-order valence-electron chi connectivity index (χ3n) is 4.20. The molecule has 4 nitrogen and oxygen atoms in total. The minimum Gasteiger partial charge on any atom is -0.465 e. The molecule has 0 bridgehead atoms. The minimum absolute atomic E-state index is 0.112. The first-order valence-electron chi connectivity index (χ1n) is 6.13. The van der Waals surface area contributed by atoms with Crippen molar-refractivity contribution >= 4 is 27.7 Å². The van der Waals surface area contributed by atoms with Crippen LogP contribution in [0, 0.1) is 11.8 Å². The van der Waals surface area contributed by atoms with Crippen molar-refractivity contribution in [3.63, 3.8) is 0 Å². The summed E-state index contributed by atoms with van der Waals surface area (Å²) in [6.07, 6.45) is 1.49. The average Bonchev–Trinajstić information content (AvgIpc) is 2.79. The Kier molecular flexibility index (Phi) is 2.81. The SMILES string of the molecule is COC(=O)c1cnc(N2CC3C(C2)C3(C)F)c(Br)c1. The molecule has 0 spiro atoms. The number of anilines is 1. The molecule has 2 aliphatic rings. The summed E-state index contributed by atoms with van der Waals surface area (Å²) in [7, 11) is 1.33. The Balaban J connectivity index is 1.79. The highest BCUT2D eigenvalue weighted by molar-refractivity contribution is 9.10. The van der Waals surface area contributed by atoms with Gasteiger partial charge in [0.2, 0.25) is 0 Å². The summed E-state index contributed by atoms with van der Waals surface area (Å²) in [5, 5.41) is 0. The Morgan fingerprint density at radius 2 is 2.21 bits per heavy atom. The summed E-state index contributed by atoms with van der Waals surface area (Å²) < 4.78 is 19.2. The van der Waals surface area contributed by atoms with Crippen LogP contribution >= 0.6 is 15.9 Å². The van der Waals surface area contributed by atoms with Gasteiger partial charge in [-0.15, -0.1) is 0 Å². The Morgan fingerprint density at radius 1 is 1.58 bits per heavy atom. The number of esters is 1. The molecule has 0 aromatic carbocycles. The summed E-state index contributed by atoms with van der Waals surface area (Å²) in [5.74, 6) is 0.568. The predicted molar refractivity (Wildman–Crippen MR) is 72.0 cm³/mol. The molecule has 1 aromatic heterocycles. The van der Waals surface area contributed by atoms with Crippen LogP contribution in [0.3, 0.4) is 0 Å². The molecule has 102 valence electrons. The number of piperidine rings is 1. The van der Waals surface area contributed by atoms with Crippen molar-refractivity contribution in [2.45, 2.75) is 12.6 Å². The van der Waals surface area contributed by atoms with Crippen molar-refractivity contribution in [3.8, 4) is 0 Å². The number of ether oxygens (including phenoxy) is 1. The number of fused-ring (bicyclic) bond motifs is 1. The highest BCUT2D eigenvalue weighted by atomic mass is 79.9. The molecule has 1 saturated carbocycles. The quantitative estimate of drug-likeness (QED) is 0.782.